The van der Waals surface area contributed by atoms with Gasteiger partial charge >= 0.3 is 16.3 Å². The zero-order valence-electron chi connectivity index (χ0n) is 9.56. The highest BCUT2D eigenvalue weighted by Gasteiger charge is 2.58. The highest BCUT2D eigenvalue weighted by molar-refractivity contribution is 7.84. The standard InChI is InChI=1S/C8H9N3O7S/c1-18-8(14)6-5(10-4(12)2-3-9)7(13)11(6)19(15,16)17/h5-6H,2H2,1H3,(H,10,12)(H,15,16,17). The number of carbonyl (C=O) groups excluding carboxylic acids is 3. The molecule has 0 aromatic heterocycles. The largest absolute Gasteiger partial charge is 0.467 e. The number of hydrogen-bond donors (Lipinski definition) is 2. The minimum Gasteiger partial charge on any atom is -0.467 e. The molecule has 2 atom stereocenters. The lowest BCUT2D eigenvalue weighted by Gasteiger charge is -2.41. The number of nitriles is 1. The average Bonchev–Trinajstić information content (AvgIpc) is 2.30. The Balaban J connectivity index is 2.95. The summed E-state index contributed by atoms with van der Waals surface area (Å²) in [4.78, 5) is 33.9. The molecule has 0 aromatic carbocycles. The van der Waals surface area contributed by atoms with Gasteiger partial charge in [-0.3, -0.25) is 14.1 Å². The third kappa shape index (κ3) is 2.80. The fraction of sp³-hybridized carbons (Fsp3) is 0.500. The van der Waals surface area contributed by atoms with Crippen molar-refractivity contribution >= 4 is 28.1 Å². The molecule has 11 heteroatoms. The second-order valence-corrected chi connectivity index (χ2v) is 4.75. The number of β-lactam (4-membered cyclic amide) rings is 1. The van der Waals surface area contributed by atoms with E-state index >= 15 is 0 Å². The van der Waals surface area contributed by atoms with Crippen LogP contribution in [0.4, 0.5) is 0 Å². The van der Waals surface area contributed by atoms with Gasteiger partial charge in [0, 0.05) is 0 Å². The number of ether oxygens (including phenoxy) is 1. The number of nitrogens with one attached hydrogen (secondary N) is 1. The maximum Gasteiger partial charge on any atom is 0.363 e. The van der Waals surface area contributed by atoms with E-state index in [4.69, 9.17) is 9.81 Å². The van der Waals surface area contributed by atoms with Crippen molar-refractivity contribution in [2.45, 2.75) is 18.5 Å². The van der Waals surface area contributed by atoms with Crippen LogP contribution in [-0.2, 0) is 29.4 Å². The average molecular weight is 291 g/mol. The highest BCUT2D eigenvalue weighted by Crippen LogP contribution is 2.24. The first-order valence-electron chi connectivity index (χ1n) is 4.79. The van der Waals surface area contributed by atoms with E-state index in [0.717, 1.165) is 7.11 Å². The van der Waals surface area contributed by atoms with Crippen molar-refractivity contribution in [1.29, 1.82) is 5.26 Å². The number of amides is 2. The molecule has 0 saturated carbocycles. The van der Waals surface area contributed by atoms with Gasteiger partial charge in [-0.15, -0.1) is 0 Å². The molecule has 10 nitrogen and oxygen atoms in total. The van der Waals surface area contributed by atoms with Gasteiger partial charge < -0.3 is 10.1 Å². The summed E-state index contributed by atoms with van der Waals surface area (Å²) in [6.07, 6.45) is -0.566. The Morgan fingerprint density at radius 3 is 2.58 bits per heavy atom. The van der Waals surface area contributed by atoms with E-state index in [9.17, 15) is 22.8 Å². The Hall–Kier alpha value is -2.19. The molecule has 1 fully saturated rings. The number of rotatable bonds is 4. The number of carbonyl (C=O) groups is 3. The predicted molar refractivity (Wildman–Crippen MR) is 56.4 cm³/mol. The van der Waals surface area contributed by atoms with Gasteiger partial charge in [-0.05, 0) is 0 Å². The lowest BCUT2D eigenvalue weighted by atomic mass is 9.99. The summed E-state index contributed by atoms with van der Waals surface area (Å²) in [6.45, 7) is 0. The molecule has 1 aliphatic rings. The Kier molecular flexibility index (Phi) is 4.07. The van der Waals surface area contributed by atoms with Gasteiger partial charge in [-0.25, -0.2) is 4.79 Å². The topological polar surface area (TPSA) is 154 Å². The first kappa shape index (κ1) is 14.9. The second kappa shape index (κ2) is 5.21. The quantitative estimate of drug-likeness (QED) is 0.329. The molecule has 0 spiro atoms. The monoisotopic (exact) mass is 291 g/mol. The fourth-order valence-corrected chi connectivity index (χ4v) is 2.34. The predicted octanol–water partition coefficient (Wildman–Crippen LogP) is -2.43. The van der Waals surface area contributed by atoms with E-state index in [-0.39, 0.29) is 4.31 Å². The lowest BCUT2D eigenvalue weighted by molar-refractivity contribution is -0.162. The molecule has 0 radical (unpaired) electrons. The van der Waals surface area contributed by atoms with Gasteiger partial charge in [-0.2, -0.15) is 18.0 Å². The minimum atomic E-state index is -4.93. The third-order valence-electron chi connectivity index (χ3n) is 2.30. The first-order chi connectivity index (χ1) is 8.73. The molecule has 0 aliphatic carbocycles. The van der Waals surface area contributed by atoms with Gasteiger partial charge in [0.15, 0.2) is 6.04 Å². The number of hydrogen-bond acceptors (Lipinski definition) is 7. The van der Waals surface area contributed by atoms with E-state index in [2.05, 4.69) is 4.74 Å². The van der Waals surface area contributed by atoms with E-state index in [0.29, 0.717) is 0 Å². The van der Waals surface area contributed by atoms with Crippen LogP contribution in [0.3, 0.4) is 0 Å². The molecule has 2 N–H and O–H groups in total. The van der Waals surface area contributed by atoms with Crippen molar-refractivity contribution in [3.63, 3.8) is 0 Å². The molecular weight excluding hydrogens is 282 g/mol. The van der Waals surface area contributed by atoms with Crippen LogP contribution in [0.1, 0.15) is 6.42 Å². The molecule has 2 amide bonds. The maximum atomic E-state index is 11.5. The lowest BCUT2D eigenvalue weighted by Crippen LogP contribution is -2.74. The molecule has 2 unspecified atom stereocenters. The normalized spacial score (nSPS) is 22.2. The fourth-order valence-electron chi connectivity index (χ4n) is 1.51. The summed E-state index contributed by atoms with van der Waals surface area (Å²) in [7, 11) is -3.99. The third-order valence-corrected chi connectivity index (χ3v) is 3.20. The van der Waals surface area contributed by atoms with E-state index < -0.39 is 46.6 Å². The maximum absolute atomic E-state index is 11.5. The second-order valence-electron chi connectivity index (χ2n) is 3.46. The van der Waals surface area contributed by atoms with Gasteiger partial charge in [0.05, 0.1) is 13.2 Å². The Bertz CT molecular complexity index is 563. The van der Waals surface area contributed by atoms with E-state index in [1.807, 2.05) is 5.32 Å². The minimum absolute atomic E-state index is 0.101. The van der Waals surface area contributed by atoms with Crippen LogP contribution in [0.15, 0.2) is 0 Å². The Labute approximate surface area is 107 Å². The van der Waals surface area contributed by atoms with Crippen LogP contribution in [0.2, 0.25) is 0 Å². The van der Waals surface area contributed by atoms with E-state index in [1.54, 1.807) is 0 Å². The van der Waals surface area contributed by atoms with Crippen molar-refractivity contribution in [3.8, 4) is 6.07 Å². The van der Waals surface area contributed by atoms with Crippen LogP contribution >= 0.6 is 0 Å². The van der Waals surface area contributed by atoms with Crippen molar-refractivity contribution in [3.05, 3.63) is 0 Å². The highest BCUT2D eigenvalue weighted by atomic mass is 32.2. The van der Waals surface area contributed by atoms with Crippen molar-refractivity contribution in [2.24, 2.45) is 0 Å². The molecule has 1 saturated heterocycles. The summed E-state index contributed by atoms with van der Waals surface area (Å²) in [5, 5.41) is 10.3. The van der Waals surface area contributed by atoms with Crippen LogP contribution < -0.4 is 5.32 Å². The molecule has 1 rings (SSSR count). The Morgan fingerprint density at radius 1 is 1.58 bits per heavy atom. The molecule has 0 aromatic rings. The molecule has 19 heavy (non-hydrogen) atoms. The number of esters is 1. The summed E-state index contributed by atoms with van der Waals surface area (Å²) in [5.41, 5.74) is 0. The van der Waals surface area contributed by atoms with Gasteiger partial charge in [-0.1, -0.05) is 0 Å². The number of methoxy groups -OCH3 is 1. The van der Waals surface area contributed by atoms with Crippen LogP contribution in [-0.4, -0.2) is 54.3 Å². The number of nitrogens with zero attached hydrogens (tertiary/aromatic N) is 2. The molecule has 1 heterocycles. The first-order valence-corrected chi connectivity index (χ1v) is 6.18. The van der Waals surface area contributed by atoms with Crippen LogP contribution in [0.5, 0.6) is 0 Å². The van der Waals surface area contributed by atoms with Gasteiger partial charge in [0.1, 0.15) is 12.5 Å². The van der Waals surface area contributed by atoms with Crippen LogP contribution in [0, 0.1) is 11.3 Å². The smallest absolute Gasteiger partial charge is 0.363 e. The van der Waals surface area contributed by atoms with Gasteiger partial charge in [0.25, 0.3) is 5.91 Å². The summed E-state index contributed by atoms with van der Waals surface area (Å²) < 4.78 is 34.8. The molecular formula is C8H9N3O7S. The SMILES string of the molecule is COC(=O)C1C(NC(=O)CC#N)C(=O)N1S(=O)(=O)O. The Morgan fingerprint density at radius 2 is 2.16 bits per heavy atom. The molecule has 0 bridgehead atoms. The van der Waals surface area contributed by atoms with Crippen molar-refractivity contribution in [1.82, 2.24) is 9.62 Å². The summed E-state index contributed by atoms with van der Waals surface area (Å²) in [6, 6.07) is -1.66. The summed E-state index contributed by atoms with van der Waals surface area (Å²) in [5.74, 6) is -3.17. The molecule has 1 aliphatic heterocycles. The van der Waals surface area contributed by atoms with Crippen LogP contribution in [0.25, 0.3) is 0 Å². The van der Waals surface area contributed by atoms with Crippen molar-refractivity contribution in [2.75, 3.05) is 7.11 Å². The van der Waals surface area contributed by atoms with Gasteiger partial charge in [0.2, 0.25) is 5.91 Å². The van der Waals surface area contributed by atoms with E-state index in [1.165, 1.54) is 6.07 Å². The molecule has 104 valence electrons. The summed E-state index contributed by atoms with van der Waals surface area (Å²) >= 11 is 0. The zero-order valence-corrected chi connectivity index (χ0v) is 10.4. The van der Waals surface area contributed by atoms with Crippen molar-refractivity contribution < 1.29 is 32.1 Å². The zero-order chi connectivity index (χ0) is 14.8.